The van der Waals surface area contributed by atoms with Crippen LogP contribution in [-0.2, 0) is 6.42 Å². The lowest BCUT2D eigenvalue weighted by atomic mass is 10.1. The number of anilines is 1. The van der Waals surface area contributed by atoms with Crippen molar-refractivity contribution in [3.8, 4) is 0 Å². The van der Waals surface area contributed by atoms with Gasteiger partial charge in [0, 0.05) is 19.3 Å². The predicted octanol–water partition coefficient (Wildman–Crippen LogP) is 2.14. The van der Waals surface area contributed by atoms with E-state index in [4.69, 9.17) is 0 Å². The van der Waals surface area contributed by atoms with Gasteiger partial charge in [0.2, 0.25) is 0 Å². The molecule has 0 bridgehead atoms. The van der Waals surface area contributed by atoms with Gasteiger partial charge in [-0.3, -0.25) is 0 Å². The van der Waals surface area contributed by atoms with E-state index in [1.807, 2.05) is 12.3 Å². The van der Waals surface area contributed by atoms with Crippen LogP contribution in [0.5, 0.6) is 0 Å². The number of aliphatic hydroxyl groups is 1. The Kier molecular flexibility index (Phi) is 2.79. The fraction of sp³-hybridized carbons (Fsp3) is 0.643. The number of nitrogens with zero attached hydrogens (tertiary/aromatic N) is 2. The first-order valence-electron chi connectivity index (χ1n) is 6.68. The Morgan fingerprint density at radius 2 is 2.06 bits per heavy atom. The van der Waals surface area contributed by atoms with Crippen LogP contribution in [0, 0.1) is 0 Å². The summed E-state index contributed by atoms with van der Waals surface area (Å²) < 4.78 is 0. The minimum atomic E-state index is -0.349. The molecule has 17 heavy (non-hydrogen) atoms. The standard InChI is InChI=1S/C14H20N2O/c17-14(7-8-14)6-5-12-4-3-9-15-13(12)16-10-1-2-11-16/h3-4,9,17H,1-2,5-8,10-11H2. The molecule has 0 aromatic carbocycles. The van der Waals surface area contributed by atoms with Gasteiger partial charge in [-0.25, -0.2) is 4.98 Å². The number of rotatable bonds is 4. The van der Waals surface area contributed by atoms with Gasteiger partial charge in [0.1, 0.15) is 5.82 Å². The Morgan fingerprint density at radius 3 is 2.76 bits per heavy atom. The van der Waals surface area contributed by atoms with E-state index in [2.05, 4.69) is 16.0 Å². The molecule has 1 aliphatic heterocycles. The van der Waals surface area contributed by atoms with Gasteiger partial charge >= 0.3 is 0 Å². The molecule has 3 heteroatoms. The molecule has 2 aliphatic rings. The monoisotopic (exact) mass is 232 g/mol. The first-order valence-corrected chi connectivity index (χ1v) is 6.68. The van der Waals surface area contributed by atoms with Crippen LogP contribution in [0.1, 0.15) is 37.7 Å². The third-order valence-electron chi connectivity index (χ3n) is 3.96. The van der Waals surface area contributed by atoms with E-state index in [1.165, 1.54) is 18.4 Å². The molecule has 2 heterocycles. The van der Waals surface area contributed by atoms with Gasteiger partial charge in [0.25, 0.3) is 0 Å². The molecule has 1 saturated carbocycles. The van der Waals surface area contributed by atoms with Crippen molar-refractivity contribution in [2.75, 3.05) is 18.0 Å². The average molecular weight is 232 g/mol. The van der Waals surface area contributed by atoms with Crippen LogP contribution < -0.4 is 4.90 Å². The van der Waals surface area contributed by atoms with E-state index in [0.29, 0.717) is 0 Å². The number of aryl methyl sites for hydroxylation is 1. The Balaban J connectivity index is 1.73. The van der Waals surface area contributed by atoms with Gasteiger partial charge in [-0.1, -0.05) is 6.07 Å². The van der Waals surface area contributed by atoms with E-state index >= 15 is 0 Å². The van der Waals surface area contributed by atoms with Crippen LogP contribution in [0.25, 0.3) is 0 Å². The molecule has 92 valence electrons. The summed E-state index contributed by atoms with van der Waals surface area (Å²) in [5, 5.41) is 9.91. The molecule has 0 radical (unpaired) electrons. The van der Waals surface area contributed by atoms with Crippen molar-refractivity contribution >= 4 is 5.82 Å². The molecule has 0 unspecified atom stereocenters. The zero-order valence-electron chi connectivity index (χ0n) is 10.2. The number of hydrogen-bond acceptors (Lipinski definition) is 3. The molecule has 1 aromatic heterocycles. The molecular weight excluding hydrogens is 212 g/mol. The van der Waals surface area contributed by atoms with E-state index < -0.39 is 0 Å². The highest BCUT2D eigenvalue weighted by Gasteiger charge is 2.39. The Labute approximate surface area is 102 Å². The third kappa shape index (κ3) is 2.44. The first kappa shape index (κ1) is 11.0. The lowest BCUT2D eigenvalue weighted by Crippen LogP contribution is -2.21. The molecule has 0 amide bonds. The van der Waals surface area contributed by atoms with Crippen LogP contribution in [0.15, 0.2) is 18.3 Å². The van der Waals surface area contributed by atoms with Gasteiger partial charge in [0.05, 0.1) is 5.60 Å². The quantitative estimate of drug-likeness (QED) is 0.864. The molecule has 1 aromatic rings. The van der Waals surface area contributed by atoms with Crippen molar-refractivity contribution in [3.63, 3.8) is 0 Å². The number of aromatic nitrogens is 1. The normalized spacial score (nSPS) is 21.8. The highest BCUT2D eigenvalue weighted by molar-refractivity contribution is 5.47. The summed E-state index contributed by atoms with van der Waals surface area (Å²) in [6.07, 6.45) is 8.23. The zero-order chi connectivity index (χ0) is 11.7. The van der Waals surface area contributed by atoms with E-state index in [-0.39, 0.29) is 5.60 Å². The van der Waals surface area contributed by atoms with Gasteiger partial charge in [-0.05, 0) is 50.2 Å². The molecule has 3 rings (SSSR count). The van der Waals surface area contributed by atoms with Crippen LogP contribution in [0.3, 0.4) is 0 Å². The maximum absolute atomic E-state index is 9.91. The van der Waals surface area contributed by atoms with Crippen molar-refractivity contribution in [1.82, 2.24) is 4.98 Å². The van der Waals surface area contributed by atoms with Crippen LogP contribution >= 0.6 is 0 Å². The summed E-state index contributed by atoms with van der Waals surface area (Å²) in [6, 6.07) is 4.16. The van der Waals surface area contributed by atoms with Crippen molar-refractivity contribution in [3.05, 3.63) is 23.9 Å². The van der Waals surface area contributed by atoms with Crippen LogP contribution in [0.4, 0.5) is 5.82 Å². The molecule has 0 spiro atoms. The second-order valence-corrected chi connectivity index (χ2v) is 5.40. The molecule has 1 saturated heterocycles. The lowest BCUT2D eigenvalue weighted by molar-refractivity contribution is 0.140. The SMILES string of the molecule is OC1(CCc2cccnc2N2CCCC2)CC1. The minimum Gasteiger partial charge on any atom is -0.390 e. The zero-order valence-corrected chi connectivity index (χ0v) is 10.2. The average Bonchev–Trinajstić information content (AvgIpc) is 2.88. The summed E-state index contributed by atoms with van der Waals surface area (Å²) in [6.45, 7) is 2.27. The Bertz CT molecular complexity index is 395. The lowest BCUT2D eigenvalue weighted by Gasteiger charge is -2.20. The molecule has 3 nitrogen and oxygen atoms in total. The van der Waals surface area contributed by atoms with Crippen LogP contribution in [0.2, 0.25) is 0 Å². The second kappa shape index (κ2) is 4.30. The fourth-order valence-electron chi connectivity index (χ4n) is 2.60. The first-order chi connectivity index (χ1) is 8.27. The van der Waals surface area contributed by atoms with Gasteiger partial charge in [-0.15, -0.1) is 0 Å². The van der Waals surface area contributed by atoms with Gasteiger partial charge in [-0.2, -0.15) is 0 Å². The smallest absolute Gasteiger partial charge is 0.131 e. The summed E-state index contributed by atoms with van der Waals surface area (Å²) in [5.41, 5.74) is 0.952. The predicted molar refractivity (Wildman–Crippen MR) is 68.2 cm³/mol. The van der Waals surface area contributed by atoms with Crippen molar-refractivity contribution < 1.29 is 5.11 Å². The largest absolute Gasteiger partial charge is 0.390 e. The van der Waals surface area contributed by atoms with Crippen molar-refractivity contribution in [1.29, 1.82) is 0 Å². The number of hydrogen-bond donors (Lipinski definition) is 1. The second-order valence-electron chi connectivity index (χ2n) is 5.40. The molecule has 0 atom stereocenters. The Morgan fingerprint density at radius 1 is 1.29 bits per heavy atom. The van der Waals surface area contributed by atoms with E-state index in [9.17, 15) is 5.11 Å². The molecule has 2 fully saturated rings. The number of pyridine rings is 1. The topological polar surface area (TPSA) is 36.4 Å². The summed E-state index contributed by atoms with van der Waals surface area (Å²) in [7, 11) is 0. The fourth-order valence-corrected chi connectivity index (χ4v) is 2.60. The summed E-state index contributed by atoms with van der Waals surface area (Å²) in [4.78, 5) is 6.91. The van der Waals surface area contributed by atoms with Gasteiger partial charge in [0.15, 0.2) is 0 Å². The highest BCUT2D eigenvalue weighted by Crippen LogP contribution is 2.39. The van der Waals surface area contributed by atoms with Crippen molar-refractivity contribution in [2.45, 2.75) is 44.1 Å². The summed E-state index contributed by atoms with van der Waals surface area (Å²) >= 11 is 0. The maximum atomic E-state index is 9.91. The maximum Gasteiger partial charge on any atom is 0.131 e. The van der Waals surface area contributed by atoms with E-state index in [0.717, 1.165) is 44.6 Å². The molecule has 1 N–H and O–H groups in total. The van der Waals surface area contributed by atoms with Crippen molar-refractivity contribution in [2.24, 2.45) is 0 Å². The third-order valence-corrected chi connectivity index (χ3v) is 3.96. The van der Waals surface area contributed by atoms with Crippen LogP contribution in [-0.4, -0.2) is 28.8 Å². The molecule has 1 aliphatic carbocycles. The minimum absolute atomic E-state index is 0.349. The van der Waals surface area contributed by atoms with Gasteiger partial charge < -0.3 is 10.0 Å². The van der Waals surface area contributed by atoms with E-state index in [1.54, 1.807) is 0 Å². The Hall–Kier alpha value is -1.09. The molecular formula is C14H20N2O. The summed E-state index contributed by atoms with van der Waals surface area (Å²) in [5.74, 6) is 1.15. The highest BCUT2D eigenvalue weighted by atomic mass is 16.3.